The number of amides is 3. The van der Waals surface area contributed by atoms with Crippen LogP contribution in [0.3, 0.4) is 0 Å². The van der Waals surface area contributed by atoms with Gasteiger partial charge in [0.05, 0.1) is 16.9 Å². The summed E-state index contributed by atoms with van der Waals surface area (Å²) in [5.74, 6) is 0.0220. The topological polar surface area (TPSA) is 79.5 Å². The number of carbonyl (C=O) groups excluding carboxylic acids is 2. The number of anilines is 3. The second-order valence-corrected chi connectivity index (χ2v) is 6.33. The number of aryl methyl sites for hydroxylation is 1. The van der Waals surface area contributed by atoms with Crippen molar-refractivity contribution in [3.63, 3.8) is 0 Å². The van der Waals surface area contributed by atoms with Crippen LogP contribution in [-0.2, 0) is 0 Å². The monoisotopic (exact) mass is 377 g/mol. The van der Waals surface area contributed by atoms with Crippen molar-refractivity contribution in [1.82, 2.24) is 0 Å². The molecule has 3 amide bonds. The first-order valence-electron chi connectivity index (χ1n) is 8.56. The fourth-order valence-corrected chi connectivity index (χ4v) is 2.86. The first-order chi connectivity index (χ1) is 13.5. The predicted octanol–water partition coefficient (Wildman–Crippen LogP) is 5.14. The van der Waals surface area contributed by atoms with E-state index in [9.17, 15) is 14.0 Å². The van der Waals surface area contributed by atoms with E-state index in [0.717, 1.165) is 5.56 Å². The van der Waals surface area contributed by atoms with Gasteiger partial charge in [0.1, 0.15) is 11.6 Å². The first kappa shape index (κ1) is 17.5. The van der Waals surface area contributed by atoms with Crippen molar-refractivity contribution < 1.29 is 18.7 Å². The summed E-state index contributed by atoms with van der Waals surface area (Å²) in [7, 11) is 0. The molecule has 0 aliphatic carbocycles. The second-order valence-electron chi connectivity index (χ2n) is 6.33. The van der Waals surface area contributed by atoms with E-state index >= 15 is 0 Å². The van der Waals surface area contributed by atoms with Crippen LogP contribution in [0.5, 0.6) is 11.5 Å². The molecule has 1 aliphatic heterocycles. The highest BCUT2D eigenvalue weighted by molar-refractivity contribution is 6.09. The van der Waals surface area contributed by atoms with E-state index in [1.54, 1.807) is 24.3 Å². The van der Waals surface area contributed by atoms with E-state index in [1.165, 1.54) is 24.3 Å². The Kier molecular flexibility index (Phi) is 4.41. The molecular formula is C21H16FN3O3. The lowest BCUT2D eigenvalue weighted by Gasteiger charge is -2.11. The maximum Gasteiger partial charge on any atom is 0.323 e. The van der Waals surface area contributed by atoms with E-state index in [4.69, 9.17) is 4.74 Å². The third-order valence-corrected chi connectivity index (χ3v) is 4.21. The van der Waals surface area contributed by atoms with Gasteiger partial charge in [-0.05, 0) is 55.0 Å². The molecule has 3 aromatic rings. The van der Waals surface area contributed by atoms with Crippen molar-refractivity contribution in [2.24, 2.45) is 0 Å². The minimum atomic E-state index is -0.626. The van der Waals surface area contributed by atoms with Crippen LogP contribution in [0.4, 0.5) is 26.2 Å². The second kappa shape index (κ2) is 7.03. The molecule has 4 rings (SSSR count). The average molecular weight is 377 g/mol. The third kappa shape index (κ3) is 3.50. The molecule has 0 saturated carbocycles. The number of hydrogen-bond donors (Lipinski definition) is 3. The van der Waals surface area contributed by atoms with E-state index in [0.29, 0.717) is 22.9 Å². The highest BCUT2D eigenvalue weighted by Crippen LogP contribution is 2.37. The van der Waals surface area contributed by atoms with Crippen LogP contribution in [0.2, 0.25) is 0 Å². The van der Waals surface area contributed by atoms with Crippen LogP contribution in [0.1, 0.15) is 15.9 Å². The molecule has 140 valence electrons. The molecule has 0 fully saturated rings. The Morgan fingerprint density at radius 3 is 2.61 bits per heavy atom. The van der Waals surface area contributed by atoms with Crippen molar-refractivity contribution >= 4 is 29.0 Å². The molecule has 1 heterocycles. The first-order valence-corrected chi connectivity index (χ1v) is 8.56. The van der Waals surface area contributed by atoms with Crippen LogP contribution in [0, 0.1) is 12.7 Å². The molecule has 0 radical (unpaired) electrons. The Balaban J connectivity index is 1.55. The number of fused-ring (bicyclic) bond motifs is 2. The zero-order chi connectivity index (χ0) is 19.7. The summed E-state index contributed by atoms with van der Waals surface area (Å²) in [6.45, 7) is 1.92. The van der Waals surface area contributed by atoms with E-state index in [1.807, 2.05) is 19.1 Å². The van der Waals surface area contributed by atoms with Gasteiger partial charge in [-0.25, -0.2) is 9.18 Å². The maximum atomic E-state index is 13.7. The van der Waals surface area contributed by atoms with Gasteiger partial charge in [-0.15, -0.1) is 0 Å². The summed E-state index contributed by atoms with van der Waals surface area (Å²) < 4.78 is 19.5. The Hall–Kier alpha value is -3.87. The Labute approximate surface area is 160 Å². The van der Waals surface area contributed by atoms with Crippen LogP contribution < -0.4 is 20.7 Å². The summed E-state index contributed by atoms with van der Waals surface area (Å²) in [6, 6.07) is 15.4. The fourth-order valence-electron chi connectivity index (χ4n) is 2.86. The highest BCUT2D eigenvalue weighted by atomic mass is 19.1. The molecule has 3 N–H and O–H groups in total. The Morgan fingerprint density at radius 1 is 1.00 bits per heavy atom. The molecule has 28 heavy (non-hydrogen) atoms. The van der Waals surface area contributed by atoms with Crippen LogP contribution in [0.25, 0.3) is 0 Å². The van der Waals surface area contributed by atoms with Crippen molar-refractivity contribution in [2.75, 3.05) is 16.0 Å². The third-order valence-electron chi connectivity index (χ3n) is 4.21. The average Bonchev–Trinajstić information content (AvgIpc) is 2.79. The SMILES string of the molecule is Cc1ccc2c(c1)NC(=O)c1cc(NC(=O)Nc3ccccc3F)ccc1O2. The van der Waals surface area contributed by atoms with Gasteiger partial charge < -0.3 is 20.7 Å². The molecule has 1 aliphatic rings. The molecule has 6 nitrogen and oxygen atoms in total. The van der Waals surface area contributed by atoms with E-state index < -0.39 is 11.8 Å². The molecule has 0 bridgehead atoms. The minimum absolute atomic E-state index is 0.0571. The van der Waals surface area contributed by atoms with Gasteiger partial charge in [0.2, 0.25) is 0 Å². The van der Waals surface area contributed by atoms with Crippen LogP contribution in [-0.4, -0.2) is 11.9 Å². The highest BCUT2D eigenvalue weighted by Gasteiger charge is 2.21. The van der Waals surface area contributed by atoms with Crippen molar-refractivity contribution in [3.05, 3.63) is 77.6 Å². The Morgan fingerprint density at radius 2 is 1.79 bits per heavy atom. The van der Waals surface area contributed by atoms with Gasteiger partial charge in [-0.1, -0.05) is 18.2 Å². The number of carbonyl (C=O) groups is 2. The molecule has 0 atom stereocenters. The number of benzene rings is 3. The number of nitrogens with one attached hydrogen (secondary N) is 3. The van der Waals surface area contributed by atoms with Gasteiger partial charge in [0.15, 0.2) is 5.75 Å². The van der Waals surface area contributed by atoms with Crippen molar-refractivity contribution in [1.29, 1.82) is 0 Å². The largest absolute Gasteiger partial charge is 0.454 e. The minimum Gasteiger partial charge on any atom is -0.454 e. The number of urea groups is 1. The fraction of sp³-hybridized carbons (Fsp3) is 0.0476. The smallest absolute Gasteiger partial charge is 0.323 e. The zero-order valence-corrected chi connectivity index (χ0v) is 14.9. The zero-order valence-electron chi connectivity index (χ0n) is 14.9. The number of ether oxygens (including phenoxy) is 1. The summed E-state index contributed by atoms with van der Waals surface area (Å²) in [5.41, 5.74) is 2.27. The van der Waals surface area contributed by atoms with Gasteiger partial charge in [-0.2, -0.15) is 0 Å². The quantitative estimate of drug-likeness (QED) is 0.579. The molecule has 0 unspecified atom stereocenters. The van der Waals surface area contributed by atoms with Crippen molar-refractivity contribution in [2.45, 2.75) is 6.92 Å². The molecule has 3 aromatic carbocycles. The van der Waals surface area contributed by atoms with Gasteiger partial charge in [0, 0.05) is 5.69 Å². The summed E-state index contributed by atoms with van der Waals surface area (Å²) in [4.78, 5) is 24.7. The predicted molar refractivity (Wildman–Crippen MR) is 105 cm³/mol. The number of para-hydroxylation sites is 1. The van der Waals surface area contributed by atoms with E-state index in [2.05, 4.69) is 16.0 Å². The van der Waals surface area contributed by atoms with Crippen LogP contribution in [0.15, 0.2) is 60.7 Å². The number of rotatable bonds is 2. The number of halogens is 1. The molecule has 0 aromatic heterocycles. The van der Waals surface area contributed by atoms with E-state index in [-0.39, 0.29) is 17.2 Å². The lowest BCUT2D eigenvalue weighted by Crippen LogP contribution is -2.20. The maximum absolute atomic E-state index is 13.7. The van der Waals surface area contributed by atoms with Crippen molar-refractivity contribution in [3.8, 4) is 11.5 Å². The van der Waals surface area contributed by atoms with Gasteiger partial charge in [-0.3, -0.25) is 4.79 Å². The molecule has 0 spiro atoms. The standard InChI is InChI=1S/C21H16FN3O3/c1-12-6-8-19-17(10-12)24-20(26)14-11-13(7-9-18(14)28-19)23-21(27)25-16-5-3-2-4-15(16)22/h2-11H,1H3,(H,24,26)(H2,23,25,27). The summed E-state index contributed by atoms with van der Waals surface area (Å²) >= 11 is 0. The number of hydrogen-bond acceptors (Lipinski definition) is 3. The van der Waals surface area contributed by atoms with Gasteiger partial charge in [0.25, 0.3) is 5.91 Å². The molecule has 0 saturated heterocycles. The van der Waals surface area contributed by atoms with Gasteiger partial charge >= 0.3 is 6.03 Å². The lowest BCUT2D eigenvalue weighted by atomic mass is 10.1. The summed E-state index contributed by atoms with van der Waals surface area (Å²) in [6.07, 6.45) is 0. The normalized spacial score (nSPS) is 12.0. The molecule has 7 heteroatoms. The Bertz CT molecular complexity index is 1100. The lowest BCUT2D eigenvalue weighted by molar-refractivity contribution is 0.102. The van der Waals surface area contributed by atoms with Crippen LogP contribution >= 0.6 is 0 Å². The summed E-state index contributed by atoms with van der Waals surface area (Å²) in [5, 5.41) is 7.82. The molecular weight excluding hydrogens is 361 g/mol.